The lowest BCUT2D eigenvalue weighted by Crippen LogP contribution is -2.73. The number of carbonyl (C=O) groups is 3. The molecule has 0 radical (unpaired) electrons. The van der Waals surface area contributed by atoms with E-state index < -0.39 is 88.4 Å². The van der Waals surface area contributed by atoms with Crippen molar-refractivity contribution in [2.75, 3.05) is 0 Å². The number of hydrogen-bond acceptors (Lipinski definition) is 10. The molecule has 0 amide bonds. The molecule has 2 aliphatic carbocycles. The minimum Gasteiger partial charge on any atom is -0.459 e. The molecule has 206 valence electrons. The molecule has 4 aliphatic rings. The highest BCUT2D eigenvalue weighted by Crippen LogP contribution is 2.62. The zero-order valence-corrected chi connectivity index (χ0v) is 22.3. The van der Waals surface area contributed by atoms with Crippen molar-refractivity contribution in [3.05, 3.63) is 24.3 Å². The summed E-state index contributed by atoms with van der Waals surface area (Å²) in [5.41, 5.74) is -5.40. The SMILES string of the molecule is C=C1/C=C/[C@@H](O)[C@]2(C)[C@@H]3O[C@@H]3[C@H](OC(=O)CCC)[C@](C)(O)[C@H]2C(OC(C)=O)[C@@]2(O)[C@H](C)C(=O)O[C@@H]2[C@@H]1Cl. The van der Waals surface area contributed by atoms with E-state index >= 15 is 0 Å². The molecule has 2 aliphatic heterocycles. The molecule has 37 heavy (non-hydrogen) atoms. The van der Waals surface area contributed by atoms with Gasteiger partial charge in [-0.05, 0) is 25.8 Å². The van der Waals surface area contributed by atoms with Gasteiger partial charge in [0.1, 0.15) is 17.8 Å². The minimum absolute atomic E-state index is 0.103. The molecule has 0 aromatic rings. The van der Waals surface area contributed by atoms with Crippen LogP contribution >= 0.6 is 11.6 Å². The van der Waals surface area contributed by atoms with Crippen LogP contribution in [0.2, 0.25) is 0 Å². The van der Waals surface area contributed by atoms with Gasteiger partial charge in [-0.3, -0.25) is 14.4 Å². The van der Waals surface area contributed by atoms with Crippen molar-refractivity contribution in [3.63, 3.8) is 0 Å². The van der Waals surface area contributed by atoms with Crippen molar-refractivity contribution in [1.82, 2.24) is 0 Å². The van der Waals surface area contributed by atoms with Gasteiger partial charge in [0.25, 0.3) is 0 Å². The van der Waals surface area contributed by atoms with Gasteiger partial charge in [-0.2, -0.15) is 0 Å². The van der Waals surface area contributed by atoms with Crippen LogP contribution in [0.4, 0.5) is 0 Å². The molecule has 10 nitrogen and oxygen atoms in total. The van der Waals surface area contributed by atoms with Crippen LogP contribution in [0.5, 0.6) is 0 Å². The van der Waals surface area contributed by atoms with Crippen molar-refractivity contribution in [3.8, 4) is 0 Å². The molecule has 4 rings (SSSR count). The van der Waals surface area contributed by atoms with Crippen molar-refractivity contribution in [2.45, 2.75) is 101 Å². The van der Waals surface area contributed by atoms with E-state index in [-0.39, 0.29) is 12.0 Å². The highest BCUT2D eigenvalue weighted by Gasteiger charge is 2.78. The van der Waals surface area contributed by atoms with E-state index in [4.69, 9.17) is 30.5 Å². The Morgan fingerprint density at radius 3 is 2.43 bits per heavy atom. The van der Waals surface area contributed by atoms with E-state index in [1.807, 2.05) is 0 Å². The molecule has 2 heterocycles. The highest BCUT2D eigenvalue weighted by molar-refractivity contribution is 6.23. The fraction of sp³-hybridized carbons (Fsp3) is 0.731. The Kier molecular flexibility index (Phi) is 7.08. The normalized spacial score (nSPS) is 49.6. The van der Waals surface area contributed by atoms with Crippen LogP contribution in [0.25, 0.3) is 0 Å². The maximum atomic E-state index is 12.8. The van der Waals surface area contributed by atoms with Gasteiger partial charge in [0, 0.05) is 24.7 Å². The van der Waals surface area contributed by atoms with Gasteiger partial charge in [-0.25, -0.2) is 0 Å². The molecule has 2 saturated heterocycles. The summed E-state index contributed by atoms with van der Waals surface area (Å²) in [7, 11) is 0. The van der Waals surface area contributed by atoms with E-state index in [1.165, 1.54) is 26.0 Å². The molecule has 1 saturated carbocycles. The number of epoxide rings is 1. The van der Waals surface area contributed by atoms with Crippen molar-refractivity contribution in [1.29, 1.82) is 0 Å². The number of ether oxygens (including phenoxy) is 4. The molecule has 1 unspecified atom stereocenters. The largest absolute Gasteiger partial charge is 0.459 e. The molecule has 0 spiro atoms. The van der Waals surface area contributed by atoms with E-state index in [1.54, 1.807) is 13.8 Å². The summed E-state index contributed by atoms with van der Waals surface area (Å²) in [5.74, 6) is -4.71. The number of halogens is 1. The Morgan fingerprint density at radius 2 is 1.84 bits per heavy atom. The smallest absolute Gasteiger partial charge is 0.312 e. The van der Waals surface area contributed by atoms with Crippen LogP contribution in [0.3, 0.4) is 0 Å². The molecular formula is C26H35ClO10. The Morgan fingerprint density at radius 1 is 1.19 bits per heavy atom. The van der Waals surface area contributed by atoms with Gasteiger partial charge >= 0.3 is 17.9 Å². The first kappa shape index (κ1) is 28.0. The number of alkyl halides is 1. The Bertz CT molecular complexity index is 1020. The molecular weight excluding hydrogens is 508 g/mol. The van der Waals surface area contributed by atoms with Crippen molar-refractivity contribution in [2.24, 2.45) is 17.3 Å². The van der Waals surface area contributed by atoms with Gasteiger partial charge in [0.05, 0.1) is 23.5 Å². The number of aliphatic hydroxyl groups excluding tert-OH is 1. The fourth-order valence-corrected chi connectivity index (χ4v) is 6.85. The third-order valence-electron chi connectivity index (χ3n) is 8.57. The number of allylic oxidation sites excluding steroid dienone is 1. The summed E-state index contributed by atoms with van der Waals surface area (Å²) in [6, 6.07) is 0. The summed E-state index contributed by atoms with van der Waals surface area (Å²) in [5, 5.41) is 34.7. The lowest BCUT2D eigenvalue weighted by atomic mass is 9.52. The van der Waals surface area contributed by atoms with Crippen LogP contribution in [0.15, 0.2) is 24.3 Å². The summed E-state index contributed by atoms with van der Waals surface area (Å²) in [6.07, 6.45) is -3.54. The zero-order valence-electron chi connectivity index (χ0n) is 21.5. The maximum Gasteiger partial charge on any atom is 0.312 e. The summed E-state index contributed by atoms with van der Waals surface area (Å²) < 4.78 is 22.8. The van der Waals surface area contributed by atoms with Gasteiger partial charge in [0.15, 0.2) is 17.8 Å². The maximum absolute atomic E-state index is 12.8. The van der Waals surface area contributed by atoms with E-state index in [2.05, 4.69) is 6.58 Å². The number of rotatable bonds is 4. The van der Waals surface area contributed by atoms with Crippen LogP contribution in [0.1, 0.15) is 47.5 Å². The number of carbonyl (C=O) groups excluding carboxylic acids is 3. The van der Waals surface area contributed by atoms with Crippen LogP contribution in [0, 0.1) is 17.3 Å². The lowest BCUT2D eigenvalue weighted by molar-refractivity contribution is -0.257. The first-order valence-electron chi connectivity index (χ1n) is 12.5. The number of hydrogen-bond donors (Lipinski definition) is 3. The first-order valence-corrected chi connectivity index (χ1v) is 12.9. The molecule has 3 N–H and O–H groups in total. The summed E-state index contributed by atoms with van der Waals surface area (Å²) in [6.45, 7) is 11.3. The molecule has 3 fully saturated rings. The summed E-state index contributed by atoms with van der Waals surface area (Å²) in [4.78, 5) is 37.8. The van der Waals surface area contributed by atoms with Gasteiger partial charge in [-0.15, -0.1) is 11.6 Å². The van der Waals surface area contributed by atoms with E-state index in [0.29, 0.717) is 6.42 Å². The third kappa shape index (κ3) is 4.12. The minimum atomic E-state index is -2.25. The van der Waals surface area contributed by atoms with Crippen LogP contribution in [-0.2, 0) is 33.3 Å². The average Bonchev–Trinajstić information content (AvgIpc) is 3.57. The average molecular weight is 543 g/mol. The number of esters is 3. The highest BCUT2D eigenvalue weighted by atomic mass is 35.5. The van der Waals surface area contributed by atoms with Gasteiger partial charge in [0.2, 0.25) is 0 Å². The number of aliphatic hydroxyl groups is 3. The second-order valence-electron chi connectivity index (χ2n) is 11.0. The second kappa shape index (κ2) is 9.34. The Balaban J connectivity index is 1.96. The molecule has 0 bridgehead atoms. The summed E-state index contributed by atoms with van der Waals surface area (Å²) >= 11 is 6.62. The van der Waals surface area contributed by atoms with Gasteiger partial charge in [-0.1, -0.05) is 32.6 Å². The predicted molar refractivity (Wildman–Crippen MR) is 129 cm³/mol. The zero-order chi connectivity index (χ0) is 27.7. The predicted octanol–water partition coefficient (Wildman–Crippen LogP) is 1.17. The quantitative estimate of drug-likeness (QED) is 0.204. The monoisotopic (exact) mass is 542 g/mol. The Labute approximate surface area is 220 Å². The first-order chi connectivity index (χ1) is 17.1. The second-order valence-corrected chi connectivity index (χ2v) is 11.5. The van der Waals surface area contributed by atoms with E-state index in [0.717, 1.165) is 6.92 Å². The molecule has 12 atom stereocenters. The molecule has 11 heteroatoms. The standard InChI is InChI=1S/C26H35ClO10/c1-7-8-15(30)35-21-17-20(36-17)24(5)14(29)10-9-11(2)16(27)19-26(33,12(3)23(31)37-19)22(34-13(4)28)18(24)25(21,6)32/h9-10,12,14,16-22,29,32-33H,2,7-8H2,1,3-6H3/b10-9+/t12-,14-,16-,17+,18+,19-,20-,21+,22?,24+,25-,26-/m1/s1. The molecule has 0 aromatic heterocycles. The topological polar surface area (TPSA) is 152 Å². The van der Waals surface area contributed by atoms with Crippen molar-refractivity contribution >= 4 is 29.5 Å². The molecule has 0 aromatic carbocycles. The van der Waals surface area contributed by atoms with Crippen LogP contribution in [-0.4, -0.2) is 86.4 Å². The van der Waals surface area contributed by atoms with Gasteiger partial charge < -0.3 is 34.3 Å². The lowest BCUT2D eigenvalue weighted by Gasteiger charge is -2.56. The number of fused-ring (bicyclic) bond motifs is 4. The Hall–Kier alpha value is -1.98. The van der Waals surface area contributed by atoms with Crippen LogP contribution < -0.4 is 0 Å². The third-order valence-corrected chi connectivity index (χ3v) is 9.08. The fourth-order valence-electron chi connectivity index (χ4n) is 6.52. The van der Waals surface area contributed by atoms with Crippen molar-refractivity contribution < 1.29 is 48.7 Å². The van der Waals surface area contributed by atoms with E-state index in [9.17, 15) is 29.7 Å².